The molecule has 2 aliphatic heterocycles. The van der Waals surface area contributed by atoms with Gasteiger partial charge in [-0.1, -0.05) is 18.6 Å². The number of rotatable bonds is 1. The zero-order valence-electron chi connectivity index (χ0n) is 11.6. The average Bonchev–Trinajstić information content (AvgIpc) is 3.03. The quantitative estimate of drug-likeness (QED) is 0.736. The molecule has 4 nitrogen and oxygen atoms in total. The van der Waals surface area contributed by atoms with Crippen LogP contribution in [0.25, 0.3) is 0 Å². The lowest BCUT2D eigenvalue weighted by atomic mass is 9.93. The molecule has 3 atom stereocenters. The first-order valence-corrected chi connectivity index (χ1v) is 7.38. The Hall–Kier alpha value is -1.84. The summed E-state index contributed by atoms with van der Waals surface area (Å²) < 4.78 is 0. The molecule has 3 unspecified atom stereocenters. The second-order valence-corrected chi connectivity index (χ2v) is 6.25. The van der Waals surface area contributed by atoms with E-state index in [2.05, 4.69) is 0 Å². The lowest BCUT2D eigenvalue weighted by Gasteiger charge is -2.18. The molecular formula is C16H18N2O2. The summed E-state index contributed by atoms with van der Waals surface area (Å²) in [5, 5.41) is 0. The first kappa shape index (κ1) is 11.9. The van der Waals surface area contributed by atoms with Crippen LogP contribution in [-0.2, 0) is 4.79 Å². The maximum atomic E-state index is 12.7. The van der Waals surface area contributed by atoms with Crippen LogP contribution < -0.4 is 4.90 Å². The van der Waals surface area contributed by atoms with E-state index in [1.165, 1.54) is 17.7 Å². The van der Waals surface area contributed by atoms with E-state index in [9.17, 15) is 9.59 Å². The summed E-state index contributed by atoms with van der Waals surface area (Å²) in [4.78, 5) is 28.5. The van der Waals surface area contributed by atoms with Gasteiger partial charge in [0.25, 0.3) is 5.91 Å². The Kier molecular flexibility index (Phi) is 2.43. The van der Waals surface area contributed by atoms with Gasteiger partial charge >= 0.3 is 6.03 Å². The van der Waals surface area contributed by atoms with Crippen molar-refractivity contribution in [3.05, 3.63) is 29.8 Å². The van der Waals surface area contributed by atoms with Crippen LogP contribution in [0.2, 0.25) is 0 Å². The Morgan fingerprint density at radius 1 is 1.20 bits per heavy atom. The Bertz CT molecular complexity index is 598. The number of imide groups is 1. The van der Waals surface area contributed by atoms with E-state index in [0.29, 0.717) is 17.5 Å². The van der Waals surface area contributed by atoms with Gasteiger partial charge in [-0.25, -0.2) is 9.69 Å². The van der Waals surface area contributed by atoms with Crippen LogP contribution in [0.3, 0.4) is 0 Å². The first-order chi connectivity index (χ1) is 9.66. The molecule has 104 valence electrons. The van der Waals surface area contributed by atoms with Crippen LogP contribution >= 0.6 is 0 Å². The largest absolute Gasteiger partial charge is 0.332 e. The van der Waals surface area contributed by atoms with E-state index in [1.54, 1.807) is 4.90 Å². The molecule has 0 N–H and O–H groups in total. The predicted octanol–water partition coefficient (Wildman–Crippen LogP) is 2.56. The molecule has 4 rings (SSSR count). The zero-order valence-corrected chi connectivity index (χ0v) is 11.6. The van der Waals surface area contributed by atoms with E-state index in [0.717, 1.165) is 18.5 Å². The van der Waals surface area contributed by atoms with E-state index < -0.39 is 0 Å². The van der Waals surface area contributed by atoms with E-state index in [-0.39, 0.29) is 18.0 Å². The Morgan fingerprint density at radius 2 is 2.05 bits per heavy atom. The fourth-order valence-electron chi connectivity index (χ4n) is 4.18. The van der Waals surface area contributed by atoms with Crippen molar-refractivity contribution in [3.63, 3.8) is 0 Å². The normalized spacial score (nSPS) is 31.9. The SMILES string of the molecule is Cc1cccc(N2C(=O)C3C4CCCC4CN3C2=O)c1. The molecule has 1 aromatic carbocycles. The highest BCUT2D eigenvalue weighted by molar-refractivity contribution is 6.21. The number of carbonyl (C=O) groups is 2. The standard InChI is InChI=1S/C16H18N2O2/c1-10-4-2-6-12(8-10)18-15(19)14-13-7-3-5-11(13)9-17(14)16(18)20/h2,4,6,8,11,13-14H,3,5,7,9H2,1H3. The molecule has 3 amide bonds. The summed E-state index contributed by atoms with van der Waals surface area (Å²) in [5.41, 5.74) is 1.78. The molecule has 0 radical (unpaired) electrons. The van der Waals surface area contributed by atoms with Gasteiger partial charge in [-0.15, -0.1) is 0 Å². The number of benzene rings is 1. The average molecular weight is 270 g/mol. The molecule has 4 heteroatoms. The number of carbonyl (C=O) groups excluding carboxylic acids is 2. The van der Waals surface area contributed by atoms with Crippen molar-refractivity contribution in [2.24, 2.45) is 11.8 Å². The number of aryl methyl sites for hydroxylation is 1. The zero-order chi connectivity index (χ0) is 13.9. The van der Waals surface area contributed by atoms with E-state index >= 15 is 0 Å². The van der Waals surface area contributed by atoms with Crippen LogP contribution in [0.4, 0.5) is 10.5 Å². The number of nitrogens with zero attached hydrogens (tertiary/aromatic N) is 2. The van der Waals surface area contributed by atoms with Gasteiger partial charge in [0.2, 0.25) is 0 Å². The second-order valence-electron chi connectivity index (χ2n) is 6.25. The van der Waals surface area contributed by atoms with Crippen molar-refractivity contribution in [2.75, 3.05) is 11.4 Å². The minimum atomic E-state index is -0.199. The molecule has 1 saturated carbocycles. The fourth-order valence-corrected chi connectivity index (χ4v) is 4.18. The van der Waals surface area contributed by atoms with Gasteiger partial charge < -0.3 is 4.90 Å². The molecule has 20 heavy (non-hydrogen) atoms. The van der Waals surface area contributed by atoms with Gasteiger partial charge in [0.05, 0.1) is 5.69 Å². The van der Waals surface area contributed by atoms with Crippen molar-refractivity contribution in [3.8, 4) is 0 Å². The maximum absolute atomic E-state index is 12.7. The topological polar surface area (TPSA) is 40.6 Å². The smallest absolute Gasteiger partial charge is 0.311 e. The number of hydrogen-bond acceptors (Lipinski definition) is 2. The third-order valence-electron chi connectivity index (χ3n) is 5.06. The third kappa shape index (κ3) is 1.48. The number of hydrogen-bond donors (Lipinski definition) is 0. The van der Waals surface area contributed by atoms with Crippen molar-refractivity contribution >= 4 is 17.6 Å². The highest BCUT2D eigenvalue weighted by Crippen LogP contribution is 2.46. The predicted molar refractivity (Wildman–Crippen MR) is 75.4 cm³/mol. The number of urea groups is 1. The summed E-state index contributed by atoms with van der Waals surface area (Å²) in [6.07, 6.45) is 3.46. The third-order valence-corrected chi connectivity index (χ3v) is 5.06. The highest BCUT2D eigenvalue weighted by atomic mass is 16.2. The molecule has 0 spiro atoms. The minimum Gasteiger partial charge on any atom is -0.311 e. The second kappa shape index (κ2) is 4.08. The van der Waals surface area contributed by atoms with Crippen molar-refractivity contribution < 1.29 is 9.59 Å². The van der Waals surface area contributed by atoms with Gasteiger partial charge in [0, 0.05) is 6.54 Å². The molecule has 2 saturated heterocycles. The minimum absolute atomic E-state index is 0.0185. The van der Waals surface area contributed by atoms with Gasteiger partial charge in [0.1, 0.15) is 6.04 Å². The van der Waals surface area contributed by atoms with Crippen LogP contribution in [0, 0.1) is 18.8 Å². The van der Waals surface area contributed by atoms with Gasteiger partial charge in [-0.05, 0) is 49.3 Å². The van der Waals surface area contributed by atoms with Crippen molar-refractivity contribution in [1.82, 2.24) is 4.90 Å². The summed E-state index contributed by atoms with van der Waals surface area (Å²) in [6.45, 7) is 2.74. The van der Waals surface area contributed by atoms with Crippen molar-refractivity contribution in [2.45, 2.75) is 32.2 Å². The van der Waals surface area contributed by atoms with Crippen LogP contribution in [0.15, 0.2) is 24.3 Å². The summed E-state index contributed by atoms with van der Waals surface area (Å²) in [5.74, 6) is 0.920. The maximum Gasteiger partial charge on any atom is 0.332 e. The molecule has 1 aliphatic carbocycles. The van der Waals surface area contributed by atoms with E-state index in [1.807, 2.05) is 31.2 Å². The summed E-state index contributed by atoms with van der Waals surface area (Å²) >= 11 is 0. The van der Waals surface area contributed by atoms with Crippen molar-refractivity contribution in [1.29, 1.82) is 0 Å². The fraction of sp³-hybridized carbons (Fsp3) is 0.500. The van der Waals surface area contributed by atoms with E-state index in [4.69, 9.17) is 0 Å². The van der Waals surface area contributed by atoms with Gasteiger partial charge in [-0.3, -0.25) is 4.79 Å². The molecular weight excluding hydrogens is 252 g/mol. The summed E-state index contributed by atoms with van der Waals surface area (Å²) in [6, 6.07) is 7.30. The van der Waals surface area contributed by atoms with Crippen LogP contribution in [0.1, 0.15) is 24.8 Å². The first-order valence-electron chi connectivity index (χ1n) is 7.38. The molecule has 1 aromatic rings. The number of anilines is 1. The molecule has 3 fully saturated rings. The molecule has 2 heterocycles. The highest BCUT2D eigenvalue weighted by Gasteiger charge is 2.57. The monoisotopic (exact) mass is 270 g/mol. The van der Waals surface area contributed by atoms with Gasteiger partial charge in [-0.2, -0.15) is 0 Å². The number of fused-ring (bicyclic) bond motifs is 3. The number of amides is 3. The molecule has 0 aromatic heterocycles. The summed E-state index contributed by atoms with van der Waals surface area (Å²) in [7, 11) is 0. The lowest BCUT2D eigenvalue weighted by Crippen LogP contribution is -2.35. The Balaban J connectivity index is 1.71. The Morgan fingerprint density at radius 3 is 2.85 bits per heavy atom. The van der Waals surface area contributed by atoms with Crippen LogP contribution in [0.5, 0.6) is 0 Å². The van der Waals surface area contributed by atoms with Crippen LogP contribution in [-0.4, -0.2) is 29.4 Å². The molecule has 0 bridgehead atoms. The molecule has 3 aliphatic rings. The Labute approximate surface area is 118 Å². The lowest BCUT2D eigenvalue weighted by molar-refractivity contribution is -0.120. The van der Waals surface area contributed by atoms with Gasteiger partial charge in [0.15, 0.2) is 0 Å².